The molecule has 3 N–H and O–H groups in total. The van der Waals surface area contributed by atoms with Crippen LogP contribution in [0, 0.1) is 0 Å². The third-order valence-corrected chi connectivity index (χ3v) is 2.73. The molecule has 0 unspecified atom stereocenters. The number of amides is 1. The third-order valence-electron chi connectivity index (χ3n) is 2.73. The molecule has 0 saturated heterocycles. The molecule has 1 aromatic rings. The molecule has 0 spiro atoms. The first-order chi connectivity index (χ1) is 10.9. The van der Waals surface area contributed by atoms with Gasteiger partial charge in [-0.3, -0.25) is 10.1 Å². The van der Waals surface area contributed by atoms with Gasteiger partial charge in [-0.25, -0.2) is 13.6 Å². The van der Waals surface area contributed by atoms with Gasteiger partial charge in [-0.05, 0) is 32.9 Å². The number of hydrogen-bond donors (Lipinski definition) is 3. The summed E-state index contributed by atoms with van der Waals surface area (Å²) >= 11 is 0. The second-order valence-electron chi connectivity index (χ2n) is 5.98. The lowest BCUT2D eigenvalue weighted by Crippen LogP contribution is -2.27. The van der Waals surface area contributed by atoms with E-state index in [1.165, 1.54) is 0 Å². The Morgan fingerprint density at radius 2 is 1.83 bits per heavy atom. The lowest BCUT2D eigenvalue weighted by Gasteiger charge is -2.21. The summed E-state index contributed by atoms with van der Waals surface area (Å²) in [5.74, 6) is -6.35. The van der Waals surface area contributed by atoms with Gasteiger partial charge in [0.2, 0.25) is 0 Å². The number of halogens is 2. The van der Waals surface area contributed by atoms with Crippen molar-refractivity contribution in [1.82, 2.24) is 0 Å². The maximum Gasteiger partial charge on any atom is 0.412 e. The molecule has 7 nitrogen and oxygen atoms in total. The molecule has 1 aromatic carbocycles. The molecule has 9 heteroatoms. The highest BCUT2D eigenvalue weighted by molar-refractivity contribution is 5.88. The number of phenolic OH excluding ortho intramolecular Hbond substituents is 1. The van der Waals surface area contributed by atoms with Crippen molar-refractivity contribution in [2.24, 2.45) is 0 Å². The second-order valence-corrected chi connectivity index (χ2v) is 5.98. The molecule has 0 heterocycles. The molecule has 0 aromatic heterocycles. The van der Waals surface area contributed by atoms with Gasteiger partial charge in [-0.1, -0.05) is 0 Å². The molecule has 24 heavy (non-hydrogen) atoms. The van der Waals surface area contributed by atoms with E-state index in [2.05, 4.69) is 5.32 Å². The zero-order valence-electron chi connectivity index (χ0n) is 13.6. The summed E-state index contributed by atoms with van der Waals surface area (Å²) in [6.07, 6.45) is -2.43. The molecule has 0 fully saturated rings. The van der Waals surface area contributed by atoms with Crippen LogP contribution in [0.3, 0.4) is 0 Å². The van der Waals surface area contributed by atoms with Gasteiger partial charge in [0, 0.05) is 5.56 Å². The molecule has 0 aliphatic carbocycles. The minimum absolute atomic E-state index is 0.344. The number of rotatable bonds is 5. The molecule has 0 saturated carbocycles. The van der Waals surface area contributed by atoms with E-state index in [0.717, 1.165) is 19.2 Å². The van der Waals surface area contributed by atoms with Gasteiger partial charge >= 0.3 is 12.1 Å². The Morgan fingerprint density at radius 1 is 1.25 bits per heavy atom. The lowest BCUT2D eigenvalue weighted by atomic mass is 10.0. The van der Waals surface area contributed by atoms with E-state index in [-0.39, 0.29) is 11.4 Å². The number of carbonyl (C=O) groups is 2. The zero-order chi connectivity index (χ0) is 18.7. The van der Waals surface area contributed by atoms with Gasteiger partial charge in [-0.2, -0.15) is 0 Å². The maximum absolute atomic E-state index is 14.0. The summed E-state index contributed by atoms with van der Waals surface area (Å²) in [5, 5.41) is 20.7. The maximum atomic E-state index is 14.0. The standard InChI is InChI=1S/C15H19F2NO6/c1-14(2,3)24-13(22)18-9-5-8(6-10(23-4)12(9)21)15(16,17)7-11(19)20/h5-6,21H,7H2,1-4H3,(H,18,22)(H,19,20). The monoisotopic (exact) mass is 347 g/mol. The van der Waals surface area contributed by atoms with Crippen molar-refractivity contribution in [3.8, 4) is 11.5 Å². The fraction of sp³-hybridized carbons (Fsp3) is 0.467. The quantitative estimate of drug-likeness (QED) is 0.706. The highest BCUT2D eigenvalue weighted by Gasteiger charge is 2.36. The number of alkyl halides is 2. The topological polar surface area (TPSA) is 105 Å². The van der Waals surface area contributed by atoms with Crippen molar-refractivity contribution in [3.05, 3.63) is 17.7 Å². The fourth-order valence-electron chi connectivity index (χ4n) is 1.78. The zero-order valence-corrected chi connectivity index (χ0v) is 13.6. The Bertz CT molecular complexity index is 640. The van der Waals surface area contributed by atoms with Crippen molar-refractivity contribution in [2.75, 3.05) is 12.4 Å². The van der Waals surface area contributed by atoms with E-state index in [1.54, 1.807) is 20.8 Å². The summed E-state index contributed by atoms with van der Waals surface area (Å²) < 4.78 is 37.7. The number of carbonyl (C=O) groups excluding carboxylic acids is 1. The largest absolute Gasteiger partial charge is 0.503 e. The fourth-order valence-corrected chi connectivity index (χ4v) is 1.78. The normalized spacial score (nSPS) is 11.8. The molecular formula is C15H19F2NO6. The highest BCUT2D eigenvalue weighted by atomic mass is 19.3. The molecule has 134 valence electrons. The van der Waals surface area contributed by atoms with Gasteiger partial charge < -0.3 is 19.7 Å². The Kier molecular flexibility index (Phi) is 5.59. The van der Waals surface area contributed by atoms with Crippen LogP contribution in [0.2, 0.25) is 0 Å². The minimum Gasteiger partial charge on any atom is -0.503 e. The van der Waals surface area contributed by atoms with Crippen LogP contribution < -0.4 is 10.1 Å². The number of nitrogens with one attached hydrogen (secondary N) is 1. The number of aromatic hydroxyl groups is 1. The van der Waals surface area contributed by atoms with Gasteiger partial charge in [0.05, 0.1) is 12.8 Å². The molecule has 1 rings (SSSR count). The van der Waals surface area contributed by atoms with Gasteiger partial charge in [0.15, 0.2) is 11.5 Å². The number of ether oxygens (including phenoxy) is 2. The van der Waals surface area contributed by atoms with Crippen molar-refractivity contribution in [3.63, 3.8) is 0 Å². The van der Waals surface area contributed by atoms with Crippen molar-refractivity contribution in [2.45, 2.75) is 38.7 Å². The van der Waals surface area contributed by atoms with Crippen molar-refractivity contribution < 1.29 is 38.1 Å². The minimum atomic E-state index is -3.73. The molecule has 0 atom stereocenters. The van der Waals surface area contributed by atoms with Crippen LogP contribution in [0.4, 0.5) is 19.3 Å². The van der Waals surface area contributed by atoms with Crippen molar-refractivity contribution in [1.29, 1.82) is 0 Å². The predicted octanol–water partition coefficient (Wildman–Crippen LogP) is 3.31. The Hall–Kier alpha value is -2.58. The number of phenols is 1. The summed E-state index contributed by atoms with van der Waals surface area (Å²) in [6.45, 7) is 4.80. The molecule has 0 bridgehead atoms. The van der Waals surface area contributed by atoms with Crippen LogP contribution in [0.5, 0.6) is 11.5 Å². The third kappa shape index (κ3) is 5.25. The van der Waals surface area contributed by atoms with Gasteiger partial charge in [0.1, 0.15) is 12.0 Å². The number of carboxylic acid groups (broad SMARTS) is 1. The number of benzene rings is 1. The van der Waals surface area contributed by atoms with Crippen molar-refractivity contribution >= 4 is 17.7 Å². The van der Waals surface area contributed by atoms with Crippen LogP contribution in [0.15, 0.2) is 12.1 Å². The first-order valence-electron chi connectivity index (χ1n) is 6.87. The molecule has 1 amide bonds. The van der Waals surface area contributed by atoms with Gasteiger partial charge in [0.25, 0.3) is 5.92 Å². The predicted molar refractivity (Wildman–Crippen MR) is 80.7 cm³/mol. The second kappa shape index (κ2) is 6.90. The van der Waals surface area contributed by atoms with E-state index in [1.807, 2.05) is 0 Å². The number of methoxy groups -OCH3 is 1. The summed E-state index contributed by atoms with van der Waals surface area (Å²) in [6, 6.07) is 1.57. The average Bonchev–Trinajstić information content (AvgIpc) is 2.37. The molecule has 0 aliphatic heterocycles. The number of hydrogen-bond acceptors (Lipinski definition) is 5. The van der Waals surface area contributed by atoms with E-state index in [4.69, 9.17) is 14.6 Å². The van der Waals surface area contributed by atoms with Crippen LogP contribution in [-0.4, -0.2) is 35.0 Å². The summed E-state index contributed by atoms with van der Waals surface area (Å²) in [7, 11) is 1.13. The van der Waals surface area contributed by atoms with E-state index < -0.39 is 41.3 Å². The lowest BCUT2D eigenvalue weighted by molar-refractivity contribution is -0.145. The summed E-state index contributed by atoms with van der Waals surface area (Å²) in [5.41, 5.74) is -1.96. The Balaban J connectivity index is 3.23. The SMILES string of the molecule is COc1cc(C(F)(F)CC(=O)O)cc(NC(=O)OC(C)(C)C)c1O. The molecular weight excluding hydrogens is 328 g/mol. The van der Waals surface area contributed by atoms with Crippen LogP contribution >= 0.6 is 0 Å². The van der Waals surface area contributed by atoms with E-state index in [9.17, 15) is 23.5 Å². The average molecular weight is 347 g/mol. The first-order valence-corrected chi connectivity index (χ1v) is 6.87. The number of aliphatic carboxylic acids is 1. The van der Waals surface area contributed by atoms with Gasteiger partial charge in [-0.15, -0.1) is 0 Å². The smallest absolute Gasteiger partial charge is 0.412 e. The molecule has 0 radical (unpaired) electrons. The van der Waals surface area contributed by atoms with Crippen LogP contribution in [-0.2, 0) is 15.5 Å². The highest BCUT2D eigenvalue weighted by Crippen LogP contribution is 2.42. The van der Waals surface area contributed by atoms with Crippen LogP contribution in [0.1, 0.15) is 32.8 Å². The first kappa shape index (κ1) is 19.5. The van der Waals surface area contributed by atoms with Crippen LogP contribution in [0.25, 0.3) is 0 Å². The number of carboxylic acids is 1. The number of anilines is 1. The molecule has 0 aliphatic rings. The Morgan fingerprint density at radius 3 is 2.29 bits per heavy atom. The summed E-state index contributed by atoms with van der Waals surface area (Å²) in [4.78, 5) is 22.3. The van der Waals surface area contributed by atoms with E-state index >= 15 is 0 Å². The van der Waals surface area contributed by atoms with E-state index in [0.29, 0.717) is 0 Å². The Labute approximate surface area is 137 Å².